The second-order valence-corrected chi connectivity index (χ2v) is 17.4. The molecule has 310 valence electrons. The van der Waals surface area contributed by atoms with Gasteiger partial charge in [0.05, 0.1) is 27.7 Å². The van der Waals surface area contributed by atoms with Crippen molar-refractivity contribution in [2.75, 3.05) is 31.0 Å². The summed E-state index contributed by atoms with van der Waals surface area (Å²) < 4.78 is 32.9. The maximum Gasteiger partial charge on any atom is 0.325 e. The average molecular weight is 866 g/mol. The highest BCUT2D eigenvalue weighted by Crippen LogP contribution is 2.40. The minimum absolute atomic E-state index is 0.0109. The highest BCUT2D eigenvalue weighted by molar-refractivity contribution is 8.00. The Balaban J connectivity index is 0.000000313. The molecule has 0 radical (unpaired) electrons. The molecule has 2 aromatic carbocycles. The van der Waals surface area contributed by atoms with Gasteiger partial charge in [-0.1, -0.05) is 25.4 Å². The summed E-state index contributed by atoms with van der Waals surface area (Å²) in [5.74, 6) is -2.06. The standard InChI is InChI=1S/C15H15ClFN3O3S2.C13H19N3O4.C5H12NO4P/c1-23-13(21)8-24-12-7-11(10(17)6-9(12)16)18-14-19-4-2-3-5-20(19)15(22)25-14;1-5-10(6-2)14-12-11(15(17)18)7-8(3)9(4)13(12)16(19)20;1-11(9,10)3-2-4(6)5(7)8/h6-7H,2-5,8H2,1H3;7,10,14H,5-6H2,1-4H3;4H,2-3,6H2,1H3,(H,7,8)(H,9,10). The van der Waals surface area contributed by atoms with Crippen LogP contribution >= 0.6 is 42.1 Å². The first-order valence-electron chi connectivity index (χ1n) is 17.2. The lowest BCUT2D eigenvalue weighted by atomic mass is 10.0. The van der Waals surface area contributed by atoms with Gasteiger partial charge in [0.2, 0.25) is 4.80 Å². The summed E-state index contributed by atoms with van der Waals surface area (Å²) in [6, 6.07) is 2.96. The zero-order valence-corrected chi connectivity index (χ0v) is 34.9. The predicted molar refractivity (Wildman–Crippen MR) is 213 cm³/mol. The van der Waals surface area contributed by atoms with Gasteiger partial charge in [0.25, 0.3) is 5.69 Å². The number of anilines is 1. The molecule has 18 nitrogen and oxygen atoms in total. The Hall–Kier alpha value is -4.14. The fourth-order valence-corrected chi connectivity index (χ4v) is 7.77. The van der Waals surface area contributed by atoms with Crippen LogP contribution in [0.5, 0.6) is 0 Å². The van der Waals surface area contributed by atoms with E-state index in [1.807, 2.05) is 13.8 Å². The van der Waals surface area contributed by atoms with Crippen molar-refractivity contribution in [1.29, 1.82) is 0 Å². The van der Waals surface area contributed by atoms with E-state index in [0.717, 1.165) is 54.8 Å². The van der Waals surface area contributed by atoms with Gasteiger partial charge in [-0.15, -0.1) is 11.8 Å². The molecule has 2 atom stereocenters. The SMILES string of the molecule is CCC(CC)Nc1c([N+](=O)[O-])cc(C)c(C)c1[N+](=O)[O-].COC(=O)CSc1cc(N=c2sc(=O)n3n2CCCC3)c(F)cc1Cl.CP(=O)(O)CCC(N)C(=O)O. The number of benzene rings is 2. The number of nitrogens with zero attached hydrogens (tertiary/aromatic N) is 5. The summed E-state index contributed by atoms with van der Waals surface area (Å²) in [5, 5.41) is 33.9. The number of rotatable bonds is 14. The zero-order valence-electron chi connectivity index (χ0n) is 31.7. The first kappa shape index (κ1) is 48.0. The predicted octanol–water partition coefficient (Wildman–Crippen LogP) is 6.20. The normalized spacial score (nSPS) is 13.9. The third kappa shape index (κ3) is 14.1. The number of nitro benzene ring substituents is 2. The monoisotopic (exact) mass is 865 g/mol. The molecule has 1 aliphatic rings. The number of nitro groups is 2. The molecular formula is C33H46ClFN7O11PS2. The molecular weight excluding hydrogens is 820 g/mol. The first-order chi connectivity index (χ1) is 26.1. The molecule has 4 rings (SSSR count). The fourth-order valence-electron chi connectivity index (χ4n) is 5.03. The molecule has 0 bridgehead atoms. The molecule has 2 unspecified atom stereocenters. The number of nitrogens with one attached hydrogen (secondary N) is 1. The van der Waals surface area contributed by atoms with Crippen LogP contribution in [0.2, 0.25) is 5.02 Å². The van der Waals surface area contributed by atoms with Crippen LogP contribution in [0.4, 0.5) is 27.1 Å². The van der Waals surface area contributed by atoms with Gasteiger partial charge in [-0.05, 0) is 75.0 Å². The molecule has 56 heavy (non-hydrogen) atoms. The fraction of sp³-hybridized carbons (Fsp3) is 0.515. The third-order valence-electron chi connectivity index (χ3n) is 8.36. The molecule has 1 aliphatic heterocycles. The van der Waals surface area contributed by atoms with Crippen LogP contribution in [0.3, 0.4) is 0 Å². The smallest absolute Gasteiger partial charge is 0.325 e. The second-order valence-electron chi connectivity index (χ2n) is 12.6. The molecule has 23 heteroatoms. The number of carboxylic acids is 1. The van der Waals surface area contributed by atoms with Crippen LogP contribution in [0.1, 0.15) is 57.1 Å². The van der Waals surface area contributed by atoms with Gasteiger partial charge < -0.3 is 25.8 Å². The maximum absolute atomic E-state index is 14.3. The Morgan fingerprint density at radius 1 is 1.16 bits per heavy atom. The van der Waals surface area contributed by atoms with E-state index in [2.05, 4.69) is 15.0 Å². The molecule has 1 aromatic heterocycles. The quantitative estimate of drug-likeness (QED) is 0.0462. The molecule has 0 saturated carbocycles. The summed E-state index contributed by atoms with van der Waals surface area (Å²) in [5.41, 5.74) is 5.73. The van der Waals surface area contributed by atoms with Gasteiger partial charge >= 0.3 is 22.5 Å². The van der Waals surface area contributed by atoms with Crippen LogP contribution in [0.25, 0.3) is 0 Å². The van der Waals surface area contributed by atoms with Crippen LogP contribution in [-0.2, 0) is 32.0 Å². The minimum Gasteiger partial charge on any atom is -0.480 e. The summed E-state index contributed by atoms with van der Waals surface area (Å²) in [6.07, 6.45) is 3.36. The molecule has 0 saturated heterocycles. The van der Waals surface area contributed by atoms with Gasteiger partial charge in [0, 0.05) is 48.5 Å². The number of aryl methyl sites for hydroxylation is 1. The number of carbonyl (C=O) groups is 2. The van der Waals surface area contributed by atoms with E-state index in [1.165, 1.54) is 25.9 Å². The lowest BCUT2D eigenvalue weighted by molar-refractivity contribution is -0.392. The number of hydrogen-bond acceptors (Lipinski definition) is 14. The molecule has 0 amide bonds. The van der Waals surface area contributed by atoms with Crippen LogP contribution in [0, 0.1) is 39.9 Å². The molecule has 0 fully saturated rings. The first-order valence-corrected chi connectivity index (χ1v) is 21.6. The summed E-state index contributed by atoms with van der Waals surface area (Å²) in [4.78, 5) is 68.7. The number of carbonyl (C=O) groups excluding carboxylic acids is 1. The number of halogens is 2. The van der Waals surface area contributed by atoms with Crippen molar-refractivity contribution in [2.24, 2.45) is 10.7 Å². The number of esters is 1. The van der Waals surface area contributed by atoms with Crippen LogP contribution < -0.4 is 20.7 Å². The minimum atomic E-state index is -3.10. The number of aromatic nitrogens is 2. The summed E-state index contributed by atoms with van der Waals surface area (Å²) >= 11 is 8.17. The summed E-state index contributed by atoms with van der Waals surface area (Å²) in [6.45, 7) is 9.61. The van der Waals surface area contributed by atoms with Gasteiger partial charge in [0.1, 0.15) is 17.5 Å². The van der Waals surface area contributed by atoms with E-state index < -0.39 is 41.0 Å². The van der Waals surface area contributed by atoms with Gasteiger partial charge in [0.15, 0.2) is 13.1 Å². The second kappa shape index (κ2) is 22.0. The van der Waals surface area contributed by atoms with Crippen molar-refractivity contribution in [3.63, 3.8) is 0 Å². The maximum atomic E-state index is 14.3. The Labute approximate surface area is 334 Å². The lowest BCUT2D eigenvalue weighted by Crippen LogP contribution is -2.31. The van der Waals surface area contributed by atoms with Crippen molar-refractivity contribution in [1.82, 2.24) is 9.36 Å². The molecule has 3 aromatic rings. The lowest BCUT2D eigenvalue weighted by Gasteiger charge is -2.17. The van der Waals surface area contributed by atoms with Crippen LogP contribution in [0.15, 0.2) is 32.9 Å². The Morgan fingerprint density at radius 3 is 2.29 bits per heavy atom. The van der Waals surface area contributed by atoms with Crippen LogP contribution in [-0.4, -0.2) is 78.9 Å². The third-order valence-corrected chi connectivity index (χ3v) is 11.8. The molecule has 0 aliphatic carbocycles. The van der Waals surface area contributed by atoms with Crippen molar-refractivity contribution < 1.29 is 43.1 Å². The highest BCUT2D eigenvalue weighted by atomic mass is 35.5. The van der Waals surface area contributed by atoms with Gasteiger partial charge in [-0.25, -0.2) is 14.1 Å². The Kier molecular flexibility index (Phi) is 18.8. The van der Waals surface area contributed by atoms with Crippen molar-refractivity contribution in [3.05, 3.63) is 74.9 Å². The largest absolute Gasteiger partial charge is 0.480 e. The van der Waals surface area contributed by atoms with Crippen molar-refractivity contribution >= 4 is 76.8 Å². The number of carboxylic acid groups (broad SMARTS) is 1. The van der Waals surface area contributed by atoms with Crippen molar-refractivity contribution in [3.8, 4) is 0 Å². The highest BCUT2D eigenvalue weighted by Gasteiger charge is 2.30. The molecule has 5 N–H and O–H groups in total. The van der Waals surface area contributed by atoms with E-state index in [4.69, 9.17) is 27.3 Å². The van der Waals surface area contributed by atoms with E-state index in [-0.39, 0.29) is 57.0 Å². The Bertz CT molecular complexity index is 2080. The average Bonchev–Trinajstić information content (AvgIpc) is 3.45. The number of fused-ring (bicyclic) bond motifs is 1. The number of thioether (sulfide) groups is 1. The van der Waals surface area contributed by atoms with E-state index in [1.54, 1.807) is 23.2 Å². The number of hydrogen-bond donors (Lipinski definition) is 4. The number of ether oxygens (including phenoxy) is 1. The number of methoxy groups -OCH3 is 1. The Morgan fingerprint density at radius 2 is 1.77 bits per heavy atom. The van der Waals surface area contributed by atoms with E-state index >= 15 is 0 Å². The summed E-state index contributed by atoms with van der Waals surface area (Å²) in [7, 11) is -1.81. The topological polar surface area (TPSA) is 265 Å². The van der Waals surface area contributed by atoms with Gasteiger partial charge in [-0.3, -0.25) is 43.9 Å². The zero-order chi connectivity index (χ0) is 42.5. The number of nitrogens with two attached hydrogens (primary N) is 1. The molecule has 2 heterocycles. The number of aliphatic carboxylic acids is 1. The van der Waals surface area contributed by atoms with Gasteiger partial charge in [-0.2, -0.15) is 0 Å². The van der Waals surface area contributed by atoms with E-state index in [0.29, 0.717) is 33.9 Å². The van der Waals surface area contributed by atoms with E-state index in [9.17, 15) is 43.6 Å². The molecule has 0 spiro atoms. The van der Waals surface area contributed by atoms with Crippen molar-refractivity contribution in [2.45, 2.75) is 89.9 Å².